The van der Waals surface area contributed by atoms with E-state index in [-0.39, 0.29) is 0 Å². The summed E-state index contributed by atoms with van der Waals surface area (Å²) in [5.74, 6) is 3.40. The second kappa shape index (κ2) is 15.6. The van der Waals surface area contributed by atoms with Crippen LogP contribution in [0.5, 0.6) is 11.5 Å². The lowest BCUT2D eigenvalue weighted by molar-refractivity contribution is 0.186. The Morgan fingerprint density at radius 2 is 1.52 bits per heavy atom. The van der Waals surface area contributed by atoms with Crippen LogP contribution in [-0.2, 0) is 0 Å². The number of anilines is 2. The molecule has 42 heavy (non-hydrogen) atoms. The molecule has 0 radical (unpaired) electrons. The number of nitrogens with one attached hydrogen (secondary N) is 4. The molecular weight excluding hydrogens is 524 g/mol. The number of piperazine rings is 1. The number of para-hydroxylation sites is 1. The van der Waals surface area contributed by atoms with Gasteiger partial charge in [0.05, 0.1) is 11.3 Å². The summed E-state index contributed by atoms with van der Waals surface area (Å²) < 4.78 is 5.83. The van der Waals surface area contributed by atoms with Gasteiger partial charge in [0.25, 0.3) is 0 Å². The molecule has 2 aromatic carbocycles. The van der Waals surface area contributed by atoms with Crippen molar-refractivity contribution in [1.82, 2.24) is 25.5 Å². The summed E-state index contributed by atoms with van der Waals surface area (Å²) in [6.45, 7) is 8.68. The van der Waals surface area contributed by atoms with Gasteiger partial charge < -0.3 is 31.3 Å². The highest BCUT2D eigenvalue weighted by atomic mass is 16.5. The van der Waals surface area contributed by atoms with Crippen molar-refractivity contribution in [3.8, 4) is 11.5 Å². The standard InChI is InChI=1S/C23H25N5O.C10H21N3/c24-21(16-11-13-19(14-12-16)29-18-9-5-2-6-10-18)20-22(25)26-15-27-23(20)28-17-7-3-1-4-8-17;1-3-11-4-2-10(1)9-13-7-5-12-6-8-13/h2,5-6,9-15,17,24H,1,3-4,7-8H2,(H3,25,26,27,28);10-12H,1-9H2. The number of nitrogen functional groups attached to an aromatic ring is 1. The minimum absolute atomic E-state index is 0.299. The molecule has 2 saturated heterocycles. The summed E-state index contributed by atoms with van der Waals surface area (Å²) in [4.78, 5) is 11.1. The van der Waals surface area contributed by atoms with Crippen molar-refractivity contribution in [3.05, 3.63) is 72.1 Å². The van der Waals surface area contributed by atoms with Crippen molar-refractivity contribution in [2.45, 2.75) is 51.0 Å². The van der Waals surface area contributed by atoms with E-state index in [1.54, 1.807) is 0 Å². The Labute approximate surface area is 250 Å². The van der Waals surface area contributed by atoms with Crippen LogP contribution in [0.2, 0.25) is 0 Å². The predicted molar refractivity (Wildman–Crippen MR) is 171 cm³/mol. The number of piperidine rings is 1. The van der Waals surface area contributed by atoms with Crippen molar-refractivity contribution in [2.75, 3.05) is 56.9 Å². The number of rotatable bonds is 8. The van der Waals surface area contributed by atoms with Crippen molar-refractivity contribution in [1.29, 1.82) is 5.41 Å². The van der Waals surface area contributed by atoms with E-state index in [1.165, 1.54) is 84.2 Å². The van der Waals surface area contributed by atoms with Gasteiger partial charge in [-0.1, -0.05) is 37.5 Å². The maximum Gasteiger partial charge on any atom is 0.141 e. The summed E-state index contributed by atoms with van der Waals surface area (Å²) in [5.41, 5.74) is 7.72. The number of hydrogen-bond acceptors (Lipinski definition) is 9. The fourth-order valence-corrected chi connectivity index (χ4v) is 5.98. The predicted octanol–water partition coefficient (Wildman–Crippen LogP) is 4.90. The van der Waals surface area contributed by atoms with E-state index in [4.69, 9.17) is 15.9 Å². The zero-order valence-electron chi connectivity index (χ0n) is 24.7. The van der Waals surface area contributed by atoms with Gasteiger partial charge in [-0.3, -0.25) is 5.41 Å². The molecule has 3 aromatic rings. The van der Waals surface area contributed by atoms with Gasteiger partial charge in [-0.25, -0.2) is 9.97 Å². The fourth-order valence-electron chi connectivity index (χ4n) is 5.98. The molecule has 6 rings (SSSR count). The summed E-state index contributed by atoms with van der Waals surface area (Å²) in [6, 6.07) is 17.4. The van der Waals surface area contributed by atoms with Gasteiger partial charge in [0.2, 0.25) is 0 Å². The quantitative estimate of drug-likeness (QED) is 0.242. The molecule has 1 aliphatic carbocycles. The van der Waals surface area contributed by atoms with Gasteiger partial charge in [-0.15, -0.1) is 0 Å². The lowest BCUT2D eigenvalue weighted by Crippen LogP contribution is -2.46. The third kappa shape index (κ3) is 8.74. The van der Waals surface area contributed by atoms with Crippen molar-refractivity contribution in [3.63, 3.8) is 0 Å². The lowest BCUT2D eigenvalue weighted by atomic mass is 9.95. The van der Waals surface area contributed by atoms with Crippen molar-refractivity contribution >= 4 is 17.3 Å². The Hall–Kier alpha value is -3.53. The first-order valence-corrected chi connectivity index (χ1v) is 15.6. The zero-order valence-corrected chi connectivity index (χ0v) is 24.7. The van der Waals surface area contributed by atoms with E-state index in [0.717, 1.165) is 30.1 Å². The molecule has 0 unspecified atom stereocenters. The molecular formula is C33H46N8O. The number of nitrogens with two attached hydrogens (primary N) is 1. The summed E-state index contributed by atoms with van der Waals surface area (Å²) in [7, 11) is 0. The van der Waals surface area contributed by atoms with Gasteiger partial charge in [0.15, 0.2) is 0 Å². The maximum absolute atomic E-state index is 8.72. The Morgan fingerprint density at radius 1 is 0.857 bits per heavy atom. The van der Waals surface area contributed by atoms with Gasteiger partial charge in [0, 0.05) is 44.3 Å². The van der Waals surface area contributed by atoms with Crippen molar-refractivity contribution < 1.29 is 4.74 Å². The normalized spacial score (nSPS) is 18.5. The minimum Gasteiger partial charge on any atom is -0.457 e. The second-order valence-corrected chi connectivity index (χ2v) is 11.5. The van der Waals surface area contributed by atoms with Crippen LogP contribution < -0.4 is 26.4 Å². The molecule has 1 aromatic heterocycles. The van der Waals surface area contributed by atoms with E-state index >= 15 is 0 Å². The molecule has 0 bridgehead atoms. The van der Waals surface area contributed by atoms with Crippen LogP contribution in [0.15, 0.2) is 60.9 Å². The SMILES string of the molecule is C1CC(CN2CCNCC2)CCN1.N=C(c1ccc(Oc2ccccc2)cc1)c1c(N)ncnc1NC1CCCCC1. The van der Waals surface area contributed by atoms with Crippen LogP contribution in [-0.4, -0.2) is 72.4 Å². The second-order valence-electron chi connectivity index (χ2n) is 11.5. The van der Waals surface area contributed by atoms with Gasteiger partial charge >= 0.3 is 0 Å². The molecule has 9 nitrogen and oxygen atoms in total. The number of nitrogens with zero attached hydrogens (tertiary/aromatic N) is 3. The number of aromatic nitrogens is 2. The molecule has 3 heterocycles. The topological polar surface area (TPSA) is 124 Å². The molecule has 0 amide bonds. The van der Waals surface area contributed by atoms with Crippen LogP contribution in [0.25, 0.3) is 0 Å². The maximum atomic E-state index is 8.72. The zero-order chi connectivity index (χ0) is 29.0. The highest BCUT2D eigenvalue weighted by molar-refractivity contribution is 6.16. The van der Waals surface area contributed by atoms with Crippen LogP contribution >= 0.6 is 0 Å². The number of benzene rings is 2. The first-order chi connectivity index (χ1) is 20.7. The monoisotopic (exact) mass is 570 g/mol. The van der Waals surface area contributed by atoms with E-state index in [1.807, 2.05) is 54.6 Å². The molecule has 1 saturated carbocycles. The molecule has 0 spiro atoms. The molecule has 3 fully saturated rings. The molecule has 0 atom stereocenters. The van der Waals surface area contributed by atoms with E-state index in [2.05, 4.69) is 30.8 Å². The summed E-state index contributed by atoms with van der Waals surface area (Å²) in [6.07, 6.45) is 10.2. The molecule has 6 N–H and O–H groups in total. The van der Waals surface area contributed by atoms with Crippen molar-refractivity contribution in [2.24, 2.45) is 5.92 Å². The lowest BCUT2D eigenvalue weighted by Gasteiger charge is -2.32. The molecule has 9 heteroatoms. The molecule has 2 aliphatic heterocycles. The minimum atomic E-state index is 0.299. The third-order valence-corrected chi connectivity index (χ3v) is 8.38. The van der Waals surface area contributed by atoms with Crippen LogP contribution in [0, 0.1) is 11.3 Å². The Kier molecular flexibility index (Phi) is 11.1. The third-order valence-electron chi connectivity index (χ3n) is 8.38. The van der Waals surface area contributed by atoms with E-state index in [0.29, 0.717) is 34.7 Å². The Balaban J connectivity index is 0.000000226. The van der Waals surface area contributed by atoms with Gasteiger partial charge in [0.1, 0.15) is 29.5 Å². The largest absolute Gasteiger partial charge is 0.457 e. The Morgan fingerprint density at radius 3 is 2.24 bits per heavy atom. The van der Waals surface area contributed by atoms with Crippen LogP contribution in [0.3, 0.4) is 0 Å². The van der Waals surface area contributed by atoms with Gasteiger partial charge in [-0.05, 0) is 81.1 Å². The molecule has 224 valence electrons. The van der Waals surface area contributed by atoms with Gasteiger partial charge in [-0.2, -0.15) is 0 Å². The van der Waals surface area contributed by atoms with E-state index in [9.17, 15) is 0 Å². The highest BCUT2D eigenvalue weighted by Gasteiger charge is 2.21. The smallest absolute Gasteiger partial charge is 0.141 e. The number of ether oxygens (including phenoxy) is 1. The van der Waals surface area contributed by atoms with Crippen LogP contribution in [0.1, 0.15) is 56.1 Å². The molecule has 3 aliphatic rings. The average Bonchev–Trinajstić information content (AvgIpc) is 3.04. The summed E-state index contributed by atoms with van der Waals surface area (Å²) >= 11 is 0. The summed E-state index contributed by atoms with van der Waals surface area (Å²) in [5, 5.41) is 19.0. The number of hydrogen-bond donors (Lipinski definition) is 5. The van der Waals surface area contributed by atoms with E-state index < -0.39 is 0 Å². The first-order valence-electron chi connectivity index (χ1n) is 15.6. The first kappa shape index (κ1) is 29.9. The Bertz CT molecular complexity index is 1220. The highest BCUT2D eigenvalue weighted by Crippen LogP contribution is 2.27. The van der Waals surface area contributed by atoms with Crippen LogP contribution in [0.4, 0.5) is 11.6 Å². The average molecular weight is 571 g/mol. The fraction of sp³-hybridized carbons (Fsp3) is 0.485.